The number of azo groups is 1. The molecule has 88 valence electrons. The highest BCUT2D eigenvalue weighted by Gasteiger charge is 2.29. The highest BCUT2D eigenvalue weighted by Crippen LogP contribution is 2.25. The molecule has 0 saturated carbocycles. The summed E-state index contributed by atoms with van der Waals surface area (Å²) in [7, 11) is 0. The van der Waals surface area contributed by atoms with Crippen molar-refractivity contribution in [3.8, 4) is 0 Å². The standard InChI is InChI=1S/C13H16N4/c1-10-6-7-13(2,11(14)9-10)17-16-12-5-3-4-8-15-12/h3-9,11H,14H2,1-2H3. The number of nitrogens with two attached hydrogens (primary N) is 1. The smallest absolute Gasteiger partial charge is 0.173 e. The predicted octanol–water partition coefficient (Wildman–Crippen LogP) is 2.77. The van der Waals surface area contributed by atoms with Crippen molar-refractivity contribution >= 4 is 5.82 Å². The van der Waals surface area contributed by atoms with Crippen LogP contribution >= 0.6 is 0 Å². The minimum absolute atomic E-state index is 0.153. The Balaban J connectivity index is 2.19. The summed E-state index contributed by atoms with van der Waals surface area (Å²) in [4.78, 5) is 4.09. The van der Waals surface area contributed by atoms with E-state index in [0.29, 0.717) is 5.82 Å². The fourth-order valence-electron chi connectivity index (χ4n) is 1.59. The molecule has 0 amide bonds. The molecule has 1 aromatic rings. The minimum atomic E-state index is -0.489. The van der Waals surface area contributed by atoms with E-state index in [-0.39, 0.29) is 6.04 Å². The van der Waals surface area contributed by atoms with Gasteiger partial charge in [0.15, 0.2) is 5.82 Å². The van der Waals surface area contributed by atoms with Crippen molar-refractivity contribution in [2.75, 3.05) is 0 Å². The molecule has 4 heteroatoms. The van der Waals surface area contributed by atoms with Gasteiger partial charge < -0.3 is 5.73 Å². The number of rotatable bonds is 2. The number of hydrogen-bond acceptors (Lipinski definition) is 4. The first-order valence-corrected chi connectivity index (χ1v) is 5.57. The lowest BCUT2D eigenvalue weighted by Gasteiger charge is -2.28. The van der Waals surface area contributed by atoms with Crippen LogP contribution in [0, 0.1) is 0 Å². The topological polar surface area (TPSA) is 63.6 Å². The van der Waals surface area contributed by atoms with Crippen molar-refractivity contribution in [3.05, 3.63) is 48.2 Å². The van der Waals surface area contributed by atoms with Crippen LogP contribution in [0.3, 0.4) is 0 Å². The van der Waals surface area contributed by atoms with Crippen LogP contribution in [0.5, 0.6) is 0 Å². The van der Waals surface area contributed by atoms with Crippen molar-refractivity contribution in [2.24, 2.45) is 16.0 Å². The second-order valence-corrected chi connectivity index (χ2v) is 4.38. The third-order valence-corrected chi connectivity index (χ3v) is 2.82. The van der Waals surface area contributed by atoms with E-state index in [1.54, 1.807) is 6.20 Å². The van der Waals surface area contributed by atoms with E-state index < -0.39 is 5.54 Å². The zero-order valence-electron chi connectivity index (χ0n) is 10.0. The summed E-state index contributed by atoms with van der Waals surface area (Å²) < 4.78 is 0. The Morgan fingerprint density at radius 2 is 2.24 bits per heavy atom. The highest BCUT2D eigenvalue weighted by atomic mass is 15.2. The quantitative estimate of drug-likeness (QED) is 0.791. The van der Waals surface area contributed by atoms with E-state index in [0.717, 1.165) is 5.57 Å². The van der Waals surface area contributed by atoms with Gasteiger partial charge in [-0.3, -0.25) is 0 Å². The second-order valence-electron chi connectivity index (χ2n) is 4.38. The molecule has 0 aliphatic heterocycles. The summed E-state index contributed by atoms with van der Waals surface area (Å²) in [5, 5.41) is 8.44. The maximum Gasteiger partial charge on any atom is 0.173 e. The molecule has 1 aliphatic rings. The van der Waals surface area contributed by atoms with E-state index in [9.17, 15) is 0 Å². The fraction of sp³-hybridized carbons (Fsp3) is 0.308. The van der Waals surface area contributed by atoms with Gasteiger partial charge in [-0.15, -0.1) is 5.11 Å². The summed E-state index contributed by atoms with van der Waals surface area (Å²) in [6.07, 6.45) is 7.69. The lowest BCUT2D eigenvalue weighted by molar-refractivity contribution is 0.492. The summed E-state index contributed by atoms with van der Waals surface area (Å²) >= 11 is 0. The van der Waals surface area contributed by atoms with E-state index >= 15 is 0 Å². The van der Waals surface area contributed by atoms with Crippen molar-refractivity contribution in [3.63, 3.8) is 0 Å². The molecule has 0 bridgehead atoms. The zero-order valence-corrected chi connectivity index (χ0v) is 10.0. The van der Waals surface area contributed by atoms with E-state index in [1.165, 1.54) is 0 Å². The summed E-state index contributed by atoms with van der Waals surface area (Å²) in [6, 6.07) is 5.38. The molecule has 1 aromatic heterocycles. The Bertz CT molecular complexity index is 475. The lowest BCUT2D eigenvalue weighted by atomic mass is 9.87. The molecule has 2 atom stereocenters. The third-order valence-electron chi connectivity index (χ3n) is 2.82. The first-order valence-electron chi connectivity index (χ1n) is 5.57. The molecular formula is C13H16N4. The molecule has 1 aliphatic carbocycles. The number of hydrogen-bond donors (Lipinski definition) is 1. The molecule has 0 saturated heterocycles. The Morgan fingerprint density at radius 3 is 2.88 bits per heavy atom. The average Bonchev–Trinajstić information content (AvgIpc) is 2.34. The van der Waals surface area contributed by atoms with Gasteiger partial charge in [-0.25, -0.2) is 4.98 Å². The maximum atomic E-state index is 6.07. The molecule has 4 nitrogen and oxygen atoms in total. The Labute approximate surface area is 101 Å². The average molecular weight is 228 g/mol. The van der Waals surface area contributed by atoms with Gasteiger partial charge in [-0.2, -0.15) is 5.11 Å². The Morgan fingerprint density at radius 1 is 1.41 bits per heavy atom. The maximum absolute atomic E-state index is 6.07. The number of allylic oxidation sites excluding steroid dienone is 2. The second kappa shape index (κ2) is 4.59. The zero-order chi connectivity index (χ0) is 12.3. The minimum Gasteiger partial charge on any atom is -0.322 e. The Hall–Kier alpha value is -1.81. The van der Waals surface area contributed by atoms with Crippen LogP contribution in [0.15, 0.2) is 58.4 Å². The predicted molar refractivity (Wildman–Crippen MR) is 68.0 cm³/mol. The SMILES string of the molecule is CC1=CC(N)C(C)(N=Nc2ccccn2)C=C1. The van der Waals surface area contributed by atoms with Crippen LogP contribution < -0.4 is 5.73 Å². The van der Waals surface area contributed by atoms with Crippen LogP contribution in [0.1, 0.15) is 13.8 Å². The molecule has 2 N–H and O–H groups in total. The van der Waals surface area contributed by atoms with Crippen LogP contribution in [-0.2, 0) is 0 Å². The molecular weight excluding hydrogens is 212 g/mol. The molecule has 0 fully saturated rings. The molecule has 2 unspecified atom stereocenters. The molecule has 0 spiro atoms. The van der Waals surface area contributed by atoms with E-state index in [2.05, 4.69) is 15.2 Å². The summed E-state index contributed by atoms with van der Waals surface area (Å²) in [6.45, 7) is 3.98. The molecule has 0 radical (unpaired) electrons. The molecule has 2 rings (SSSR count). The van der Waals surface area contributed by atoms with Gasteiger partial charge >= 0.3 is 0 Å². The van der Waals surface area contributed by atoms with Gasteiger partial charge in [-0.05, 0) is 26.0 Å². The monoisotopic (exact) mass is 228 g/mol. The van der Waals surface area contributed by atoms with E-state index in [1.807, 2.05) is 50.3 Å². The third kappa shape index (κ3) is 2.65. The van der Waals surface area contributed by atoms with Gasteiger partial charge in [0.2, 0.25) is 0 Å². The summed E-state index contributed by atoms with van der Waals surface area (Å²) in [5.74, 6) is 0.598. The molecule has 17 heavy (non-hydrogen) atoms. The van der Waals surface area contributed by atoms with Crippen molar-refractivity contribution in [2.45, 2.75) is 25.4 Å². The molecule has 1 heterocycles. The van der Waals surface area contributed by atoms with Gasteiger partial charge in [0.1, 0.15) is 5.54 Å². The Kier molecular flexibility index (Phi) is 3.15. The van der Waals surface area contributed by atoms with Crippen LogP contribution in [0.25, 0.3) is 0 Å². The van der Waals surface area contributed by atoms with Crippen LogP contribution in [0.2, 0.25) is 0 Å². The van der Waals surface area contributed by atoms with Crippen molar-refractivity contribution < 1.29 is 0 Å². The lowest BCUT2D eigenvalue weighted by Crippen LogP contribution is -2.42. The van der Waals surface area contributed by atoms with E-state index in [4.69, 9.17) is 5.73 Å². The normalized spacial score (nSPS) is 28.4. The highest BCUT2D eigenvalue weighted by molar-refractivity contribution is 5.32. The van der Waals surface area contributed by atoms with Gasteiger partial charge in [0.05, 0.1) is 6.04 Å². The largest absolute Gasteiger partial charge is 0.322 e. The summed E-state index contributed by atoms with van der Waals surface area (Å²) in [5.41, 5.74) is 6.73. The number of aromatic nitrogens is 1. The number of nitrogens with zero attached hydrogens (tertiary/aromatic N) is 3. The van der Waals surface area contributed by atoms with Gasteiger partial charge in [-0.1, -0.05) is 29.9 Å². The van der Waals surface area contributed by atoms with Gasteiger partial charge in [0.25, 0.3) is 0 Å². The van der Waals surface area contributed by atoms with Gasteiger partial charge in [0, 0.05) is 6.20 Å². The van der Waals surface area contributed by atoms with Crippen LogP contribution in [-0.4, -0.2) is 16.6 Å². The van der Waals surface area contributed by atoms with Crippen molar-refractivity contribution in [1.82, 2.24) is 4.98 Å². The van der Waals surface area contributed by atoms with Crippen molar-refractivity contribution in [1.29, 1.82) is 0 Å². The number of pyridine rings is 1. The first kappa shape index (κ1) is 11.7. The first-order chi connectivity index (χ1) is 8.10. The van der Waals surface area contributed by atoms with Crippen LogP contribution in [0.4, 0.5) is 5.82 Å². The fourth-order valence-corrected chi connectivity index (χ4v) is 1.59. The molecule has 0 aromatic carbocycles.